The lowest BCUT2D eigenvalue weighted by Crippen LogP contribution is -2.37. The summed E-state index contributed by atoms with van der Waals surface area (Å²) in [4.78, 5) is 2.41. The lowest BCUT2D eigenvalue weighted by Gasteiger charge is -2.29. The number of hydrogen-bond acceptors (Lipinski definition) is 3. The van der Waals surface area contributed by atoms with E-state index < -0.39 is 0 Å². The average Bonchev–Trinajstić information content (AvgIpc) is 2.58. The molecule has 1 aromatic heterocycles. The second-order valence-electron chi connectivity index (χ2n) is 4.74. The molecule has 2 heterocycles. The normalized spacial score (nSPS) is 21.9. The first-order valence-corrected chi connectivity index (χ1v) is 7.56. The van der Waals surface area contributed by atoms with Gasteiger partial charge in [-0.25, -0.2) is 0 Å². The molecule has 17 heavy (non-hydrogen) atoms. The molecule has 96 valence electrons. The van der Waals surface area contributed by atoms with Crippen LogP contribution < -0.4 is 5.32 Å². The average molecular weight is 366 g/mol. The van der Waals surface area contributed by atoms with Gasteiger partial charge < -0.3 is 14.6 Å². The maximum absolute atomic E-state index is 5.52. The van der Waals surface area contributed by atoms with E-state index in [2.05, 4.69) is 49.1 Å². The van der Waals surface area contributed by atoms with Crippen molar-refractivity contribution in [3.8, 4) is 0 Å². The summed E-state index contributed by atoms with van der Waals surface area (Å²) >= 11 is 6.76. The first-order chi connectivity index (χ1) is 8.15. The maximum atomic E-state index is 5.52. The second kappa shape index (κ2) is 6.36. The molecule has 5 heteroatoms. The SMILES string of the molecule is CN1CCCC(CNCc2cc(Br)c(Br)o2)C1. The fraction of sp³-hybridized carbons (Fsp3) is 0.667. The van der Waals surface area contributed by atoms with Crippen LogP contribution in [0.1, 0.15) is 18.6 Å². The van der Waals surface area contributed by atoms with Gasteiger partial charge >= 0.3 is 0 Å². The molecule has 0 radical (unpaired) electrons. The van der Waals surface area contributed by atoms with Crippen LogP contribution in [0.3, 0.4) is 0 Å². The van der Waals surface area contributed by atoms with Gasteiger partial charge in [0.05, 0.1) is 11.0 Å². The molecule has 1 N–H and O–H groups in total. The third-order valence-corrected chi connectivity index (χ3v) is 4.86. The summed E-state index contributed by atoms with van der Waals surface area (Å²) in [6.07, 6.45) is 2.66. The van der Waals surface area contributed by atoms with Gasteiger partial charge in [-0.15, -0.1) is 0 Å². The van der Waals surface area contributed by atoms with Crippen molar-refractivity contribution in [3.05, 3.63) is 21.0 Å². The van der Waals surface area contributed by atoms with E-state index in [0.29, 0.717) is 0 Å². The van der Waals surface area contributed by atoms with Crippen molar-refractivity contribution in [3.63, 3.8) is 0 Å². The summed E-state index contributed by atoms with van der Waals surface area (Å²) in [7, 11) is 2.20. The Morgan fingerprint density at radius 2 is 2.35 bits per heavy atom. The number of nitrogens with zero attached hydrogens (tertiary/aromatic N) is 1. The second-order valence-corrected chi connectivity index (χ2v) is 6.31. The first-order valence-electron chi connectivity index (χ1n) is 5.98. The van der Waals surface area contributed by atoms with Crippen LogP contribution in [0.4, 0.5) is 0 Å². The van der Waals surface area contributed by atoms with E-state index in [9.17, 15) is 0 Å². The smallest absolute Gasteiger partial charge is 0.183 e. The van der Waals surface area contributed by atoms with Crippen LogP contribution in [-0.2, 0) is 6.54 Å². The quantitative estimate of drug-likeness (QED) is 0.887. The third-order valence-electron chi connectivity index (χ3n) is 3.15. The van der Waals surface area contributed by atoms with Crippen LogP contribution >= 0.6 is 31.9 Å². The minimum Gasteiger partial charge on any atom is -0.452 e. The first kappa shape index (κ1) is 13.6. The highest BCUT2D eigenvalue weighted by atomic mass is 79.9. The van der Waals surface area contributed by atoms with Crippen molar-refractivity contribution in [1.29, 1.82) is 0 Å². The number of hydrogen-bond donors (Lipinski definition) is 1. The van der Waals surface area contributed by atoms with Crippen LogP contribution in [0.25, 0.3) is 0 Å². The van der Waals surface area contributed by atoms with Crippen molar-refractivity contribution < 1.29 is 4.42 Å². The van der Waals surface area contributed by atoms with Gasteiger partial charge in [0.1, 0.15) is 5.76 Å². The summed E-state index contributed by atoms with van der Waals surface area (Å²) in [5.41, 5.74) is 0. The van der Waals surface area contributed by atoms with Gasteiger partial charge in [-0.05, 0) is 76.8 Å². The van der Waals surface area contributed by atoms with Gasteiger partial charge in [-0.3, -0.25) is 0 Å². The van der Waals surface area contributed by atoms with Crippen LogP contribution in [-0.4, -0.2) is 31.6 Å². The summed E-state index contributed by atoms with van der Waals surface area (Å²) in [5.74, 6) is 1.74. The molecule has 3 nitrogen and oxygen atoms in total. The highest BCUT2D eigenvalue weighted by Gasteiger charge is 2.16. The molecule has 1 saturated heterocycles. The zero-order valence-corrected chi connectivity index (χ0v) is 13.2. The maximum Gasteiger partial charge on any atom is 0.183 e. The Hall–Kier alpha value is 0.160. The Labute approximate surface area is 119 Å². The zero-order valence-electron chi connectivity index (χ0n) is 10.0. The topological polar surface area (TPSA) is 28.4 Å². The molecule has 1 aliphatic rings. The largest absolute Gasteiger partial charge is 0.452 e. The summed E-state index contributed by atoms with van der Waals surface area (Å²) in [5, 5.41) is 3.47. The van der Waals surface area contributed by atoms with E-state index in [1.54, 1.807) is 0 Å². The lowest BCUT2D eigenvalue weighted by atomic mass is 9.98. The molecule has 0 aromatic carbocycles. The van der Waals surface area contributed by atoms with Gasteiger partial charge in [0, 0.05) is 6.54 Å². The van der Waals surface area contributed by atoms with Gasteiger partial charge in [0.2, 0.25) is 0 Å². The monoisotopic (exact) mass is 364 g/mol. The van der Waals surface area contributed by atoms with Gasteiger partial charge in [0.25, 0.3) is 0 Å². The molecule has 0 spiro atoms. The molecule has 1 aliphatic heterocycles. The van der Waals surface area contributed by atoms with Crippen molar-refractivity contribution in [2.75, 3.05) is 26.7 Å². The highest BCUT2D eigenvalue weighted by Crippen LogP contribution is 2.26. The fourth-order valence-corrected chi connectivity index (χ4v) is 2.98. The predicted octanol–water partition coefficient (Wildman–Crippen LogP) is 3.24. The van der Waals surface area contributed by atoms with E-state index in [1.165, 1.54) is 25.9 Å². The minimum atomic E-state index is 0.770. The molecular formula is C12H18Br2N2O. The number of rotatable bonds is 4. The summed E-state index contributed by atoms with van der Waals surface area (Å²) in [6, 6.07) is 2.00. The summed E-state index contributed by atoms with van der Waals surface area (Å²) in [6.45, 7) is 4.32. The summed E-state index contributed by atoms with van der Waals surface area (Å²) < 4.78 is 7.27. The number of nitrogens with one attached hydrogen (secondary N) is 1. The zero-order chi connectivity index (χ0) is 12.3. The van der Waals surface area contributed by atoms with Gasteiger partial charge in [0.15, 0.2) is 4.67 Å². The van der Waals surface area contributed by atoms with Gasteiger partial charge in [-0.1, -0.05) is 0 Å². The van der Waals surface area contributed by atoms with Crippen molar-refractivity contribution in [1.82, 2.24) is 10.2 Å². The Morgan fingerprint density at radius 1 is 1.53 bits per heavy atom. The van der Waals surface area contributed by atoms with E-state index in [1.807, 2.05) is 6.07 Å². The Kier molecular flexibility index (Phi) is 5.09. The van der Waals surface area contributed by atoms with Crippen molar-refractivity contribution >= 4 is 31.9 Å². The molecule has 0 amide bonds. The van der Waals surface area contributed by atoms with Crippen LogP contribution in [0.15, 0.2) is 19.6 Å². The Bertz CT molecular complexity index is 348. The van der Waals surface area contributed by atoms with Crippen molar-refractivity contribution in [2.45, 2.75) is 19.4 Å². The lowest BCUT2D eigenvalue weighted by molar-refractivity contribution is 0.205. The standard InChI is InChI=1S/C12H18Br2N2O/c1-16-4-2-3-9(8-16)6-15-7-10-5-11(13)12(14)17-10/h5,9,15H,2-4,6-8H2,1H3. The van der Waals surface area contributed by atoms with E-state index >= 15 is 0 Å². The molecular weight excluding hydrogens is 348 g/mol. The predicted molar refractivity (Wildman–Crippen MR) is 76.0 cm³/mol. The molecule has 1 unspecified atom stereocenters. The van der Waals surface area contributed by atoms with E-state index in [4.69, 9.17) is 4.42 Å². The molecule has 2 rings (SSSR count). The Morgan fingerprint density at radius 3 is 3.00 bits per heavy atom. The molecule has 1 aromatic rings. The molecule has 0 bridgehead atoms. The van der Waals surface area contributed by atoms with Crippen molar-refractivity contribution in [2.24, 2.45) is 5.92 Å². The minimum absolute atomic E-state index is 0.770. The fourth-order valence-electron chi connectivity index (χ4n) is 2.32. The number of piperidine rings is 1. The van der Waals surface area contributed by atoms with Crippen LogP contribution in [0, 0.1) is 5.92 Å². The highest BCUT2D eigenvalue weighted by molar-refractivity contribution is 9.13. The number of halogens is 2. The van der Waals surface area contributed by atoms with E-state index in [-0.39, 0.29) is 0 Å². The Balaban J connectivity index is 1.72. The molecule has 1 atom stereocenters. The number of furan rings is 1. The molecule has 1 fully saturated rings. The molecule has 0 aliphatic carbocycles. The van der Waals surface area contributed by atoms with Gasteiger partial charge in [-0.2, -0.15) is 0 Å². The van der Waals surface area contributed by atoms with Crippen LogP contribution in [0.5, 0.6) is 0 Å². The third kappa shape index (κ3) is 4.09. The van der Waals surface area contributed by atoms with Crippen LogP contribution in [0.2, 0.25) is 0 Å². The molecule has 0 saturated carbocycles. The number of likely N-dealkylation sites (tertiary alicyclic amines) is 1. The van der Waals surface area contributed by atoms with E-state index in [0.717, 1.165) is 33.9 Å².